The smallest absolute Gasteiger partial charge is 0.240 e. The topological polar surface area (TPSA) is 61.8 Å². The molecule has 9 heteroatoms. The minimum Gasteiger partial charge on any atom is -0.256 e. The van der Waals surface area contributed by atoms with Crippen molar-refractivity contribution >= 4 is 56.2 Å². The van der Waals surface area contributed by atoms with Gasteiger partial charge in [0.1, 0.15) is 0 Å². The molecule has 0 spiro atoms. The summed E-state index contributed by atoms with van der Waals surface area (Å²) in [6.07, 6.45) is 0.525. The van der Waals surface area contributed by atoms with E-state index in [2.05, 4.69) is 4.72 Å². The molecule has 166 valence electrons. The summed E-state index contributed by atoms with van der Waals surface area (Å²) < 4.78 is 28.1. The van der Waals surface area contributed by atoms with Gasteiger partial charge in [-0.2, -0.15) is 5.10 Å². The standard InChI is InChI=1S/C23H20Cl3N3O2S/c1-15-3-2-4-20(11-15)32(30,31)27-14-19-13-23(16-5-7-17(24)8-6-16)29(28-19)22-10-9-18(25)12-21(22)26/h2-12,23,27H,13-14H2,1H3. The van der Waals surface area contributed by atoms with Gasteiger partial charge in [-0.25, -0.2) is 13.1 Å². The van der Waals surface area contributed by atoms with Crippen molar-refractivity contribution in [3.05, 3.63) is 92.9 Å². The molecule has 1 heterocycles. The molecule has 0 saturated carbocycles. The molecule has 0 amide bonds. The summed E-state index contributed by atoms with van der Waals surface area (Å²) in [5.41, 5.74) is 3.23. The molecular formula is C23H20Cl3N3O2S. The minimum atomic E-state index is -3.66. The van der Waals surface area contributed by atoms with Crippen molar-refractivity contribution in [2.45, 2.75) is 24.3 Å². The fourth-order valence-corrected chi connectivity index (χ4v) is 5.30. The SMILES string of the molecule is Cc1cccc(S(=O)(=O)NCC2=NN(c3ccc(Cl)cc3Cl)C(c3ccc(Cl)cc3)C2)c1. The molecule has 0 aliphatic carbocycles. The van der Waals surface area contributed by atoms with Gasteiger partial charge in [-0.05, 0) is 60.5 Å². The predicted octanol–water partition coefficient (Wildman–Crippen LogP) is 6.24. The maximum Gasteiger partial charge on any atom is 0.240 e. The Balaban J connectivity index is 1.61. The molecule has 3 aromatic carbocycles. The minimum absolute atomic E-state index is 0.0854. The maximum atomic E-state index is 12.7. The van der Waals surface area contributed by atoms with Gasteiger partial charge >= 0.3 is 0 Å². The summed E-state index contributed by atoms with van der Waals surface area (Å²) in [6, 6.07) is 19.3. The van der Waals surface area contributed by atoms with Crippen LogP contribution in [-0.4, -0.2) is 20.7 Å². The van der Waals surface area contributed by atoms with Crippen LogP contribution in [0.1, 0.15) is 23.6 Å². The highest BCUT2D eigenvalue weighted by atomic mass is 35.5. The summed E-state index contributed by atoms with van der Waals surface area (Å²) >= 11 is 18.6. The number of halogens is 3. The van der Waals surface area contributed by atoms with Gasteiger partial charge in [0.25, 0.3) is 0 Å². The predicted molar refractivity (Wildman–Crippen MR) is 132 cm³/mol. The Bertz CT molecular complexity index is 1280. The Morgan fingerprint density at radius 3 is 2.41 bits per heavy atom. The Labute approximate surface area is 202 Å². The average molecular weight is 509 g/mol. The van der Waals surface area contributed by atoms with Gasteiger partial charge in [0.15, 0.2) is 0 Å². The number of sulfonamides is 1. The van der Waals surface area contributed by atoms with E-state index in [-0.39, 0.29) is 17.5 Å². The third-order valence-corrected chi connectivity index (χ3v) is 7.34. The summed E-state index contributed by atoms with van der Waals surface area (Å²) in [5.74, 6) is 0. The van der Waals surface area contributed by atoms with Crippen molar-refractivity contribution in [2.24, 2.45) is 5.10 Å². The molecule has 0 saturated heterocycles. The highest BCUT2D eigenvalue weighted by Crippen LogP contribution is 2.39. The van der Waals surface area contributed by atoms with E-state index in [1.165, 1.54) is 0 Å². The van der Waals surface area contributed by atoms with Crippen LogP contribution in [0.4, 0.5) is 5.69 Å². The lowest BCUT2D eigenvalue weighted by molar-refractivity contribution is 0.586. The lowest BCUT2D eigenvalue weighted by Crippen LogP contribution is -2.29. The summed E-state index contributed by atoms with van der Waals surface area (Å²) in [4.78, 5) is 0.225. The molecule has 1 aliphatic heterocycles. The maximum absolute atomic E-state index is 12.7. The second-order valence-electron chi connectivity index (χ2n) is 7.52. The number of rotatable bonds is 6. The van der Waals surface area contributed by atoms with Gasteiger partial charge in [-0.1, -0.05) is 59.1 Å². The van der Waals surface area contributed by atoms with Crippen molar-refractivity contribution in [1.82, 2.24) is 4.72 Å². The zero-order valence-electron chi connectivity index (χ0n) is 17.1. The number of anilines is 1. The van der Waals surface area contributed by atoms with Crippen LogP contribution in [0.5, 0.6) is 0 Å². The van der Waals surface area contributed by atoms with Crippen molar-refractivity contribution < 1.29 is 8.42 Å². The number of hydrogen-bond acceptors (Lipinski definition) is 4. The summed E-state index contributed by atoms with van der Waals surface area (Å²) in [7, 11) is -3.66. The van der Waals surface area contributed by atoms with E-state index < -0.39 is 10.0 Å². The van der Waals surface area contributed by atoms with Gasteiger partial charge in [0.2, 0.25) is 10.0 Å². The summed E-state index contributed by atoms with van der Waals surface area (Å²) in [5, 5.41) is 8.13. The van der Waals surface area contributed by atoms with Crippen molar-refractivity contribution in [1.29, 1.82) is 0 Å². The van der Waals surface area contributed by atoms with E-state index in [0.29, 0.717) is 32.9 Å². The van der Waals surface area contributed by atoms with E-state index in [1.807, 2.05) is 37.3 Å². The molecule has 0 aromatic heterocycles. The Kier molecular flexibility index (Phi) is 6.79. The Morgan fingerprint density at radius 1 is 1.00 bits per heavy atom. The van der Waals surface area contributed by atoms with Crippen LogP contribution in [0.2, 0.25) is 15.1 Å². The molecule has 1 N–H and O–H groups in total. The van der Waals surface area contributed by atoms with Crippen molar-refractivity contribution in [3.8, 4) is 0 Å². The average Bonchev–Trinajstić information content (AvgIpc) is 3.17. The monoisotopic (exact) mass is 507 g/mol. The van der Waals surface area contributed by atoms with Crippen molar-refractivity contribution in [2.75, 3.05) is 11.6 Å². The largest absolute Gasteiger partial charge is 0.256 e. The van der Waals surface area contributed by atoms with E-state index >= 15 is 0 Å². The van der Waals surface area contributed by atoms with Gasteiger partial charge in [-0.15, -0.1) is 0 Å². The van der Waals surface area contributed by atoms with E-state index in [4.69, 9.17) is 39.9 Å². The molecule has 0 radical (unpaired) electrons. The van der Waals surface area contributed by atoms with Crippen LogP contribution < -0.4 is 9.73 Å². The number of nitrogens with zero attached hydrogens (tertiary/aromatic N) is 2. The third-order valence-electron chi connectivity index (χ3n) is 5.15. The van der Waals surface area contributed by atoms with E-state index in [0.717, 1.165) is 11.1 Å². The second-order valence-corrected chi connectivity index (χ2v) is 10.6. The zero-order valence-corrected chi connectivity index (χ0v) is 20.2. The number of aryl methyl sites for hydroxylation is 1. The molecule has 4 rings (SSSR count). The first-order chi connectivity index (χ1) is 15.2. The Morgan fingerprint density at radius 2 is 1.72 bits per heavy atom. The second kappa shape index (κ2) is 9.41. The first-order valence-electron chi connectivity index (χ1n) is 9.85. The summed E-state index contributed by atoms with van der Waals surface area (Å²) in [6.45, 7) is 1.94. The first-order valence-corrected chi connectivity index (χ1v) is 12.5. The molecule has 3 aromatic rings. The number of benzene rings is 3. The molecule has 0 bridgehead atoms. The molecule has 32 heavy (non-hydrogen) atoms. The highest BCUT2D eigenvalue weighted by Gasteiger charge is 2.31. The quantitative estimate of drug-likeness (QED) is 0.429. The first kappa shape index (κ1) is 23.1. The Hall–Kier alpha value is -2.09. The molecule has 5 nitrogen and oxygen atoms in total. The van der Waals surface area contributed by atoms with Crippen molar-refractivity contribution in [3.63, 3.8) is 0 Å². The third kappa shape index (κ3) is 5.11. The number of hydrogen-bond donors (Lipinski definition) is 1. The van der Waals surface area contributed by atoms with E-state index in [1.54, 1.807) is 41.4 Å². The molecule has 1 aliphatic rings. The fourth-order valence-electron chi connectivity index (χ4n) is 3.56. The molecule has 1 atom stereocenters. The molecule has 0 fully saturated rings. The van der Waals surface area contributed by atoms with Crippen LogP contribution in [0.15, 0.2) is 76.7 Å². The van der Waals surface area contributed by atoms with E-state index in [9.17, 15) is 8.42 Å². The van der Waals surface area contributed by atoms with Gasteiger partial charge in [-0.3, -0.25) is 5.01 Å². The van der Waals surface area contributed by atoms with Gasteiger partial charge < -0.3 is 0 Å². The lowest BCUT2D eigenvalue weighted by atomic mass is 10.0. The van der Waals surface area contributed by atoms with Crippen LogP contribution in [0.3, 0.4) is 0 Å². The van der Waals surface area contributed by atoms with Crippen LogP contribution in [0.25, 0.3) is 0 Å². The fraction of sp³-hybridized carbons (Fsp3) is 0.174. The number of hydrazone groups is 1. The van der Waals surface area contributed by atoms with Crippen LogP contribution in [0, 0.1) is 6.92 Å². The van der Waals surface area contributed by atoms with Gasteiger partial charge in [0.05, 0.1) is 33.9 Å². The number of nitrogens with one attached hydrogen (secondary N) is 1. The lowest BCUT2D eigenvalue weighted by Gasteiger charge is -2.25. The molecular weight excluding hydrogens is 489 g/mol. The van der Waals surface area contributed by atoms with Gasteiger partial charge in [0, 0.05) is 16.5 Å². The highest BCUT2D eigenvalue weighted by molar-refractivity contribution is 7.89. The molecule has 1 unspecified atom stereocenters. The van der Waals surface area contributed by atoms with Crippen LogP contribution in [-0.2, 0) is 10.0 Å². The normalized spacial score (nSPS) is 16.3. The zero-order chi connectivity index (χ0) is 22.9. The van der Waals surface area contributed by atoms with Crippen LogP contribution >= 0.6 is 34.8 Å².